The lowest BCUT2D eigenvalue weighted by Gasteiger charge is -2.20. The van der Waals surface area contributed by atoms with Gasteiger partial charge < -0.3 is 19.9 Å². The molecule has 1 saturated carbocycles. The predicted octanol–water partition coefficient (Wildman–Crippen LogP) is 0.882. The zero-order valence-corrected chi connectivity index (χ0v) is 16.8. The Morgan fingerprint density at radius 2 is 1.97 bits per heavy atom. The predicted molar refractivity (Wildman–Crippen MR) is 106 cm³/mol. The summed E-state index contributed by atoms with van der Waals surface area (Å²) in [7, 11) is 1.49. The summed E-state index contributed by atoms with van der Waals surface area (Å²) in [6, 6.07) is 7.84. The second-order valence-electron chi connectivity index (χ2n) is 7.59. The Balaban J connectivity index is 1.48. The normalized spacial score (nSPS) is 18.5. The topological polar surface area (TPSA) is 96.0 Å². The van der Waals surface area contributed by atoms with E-state index in [9.17, 15) is 19.2 Å². The van der Waals surface area contributed by atoms with Crippen LogP contribution in [0.15, 0.2) is 24.3 Å². The molecule has 0 spiro atoms. The van der Waals surface area contributed by atoms with Gasteiger partial charge in [0.25, 0.3) is 5.91 Å². The van der Waals surface area contributed by atoms with Crippen molar-refractivity contribution in [3.8, 4) is 0 Å². The van der Waals surface area contributed by atoms with Gasteiger partial charge in [0.1, 0.15) is 0 Å². The van der Waals surface area contributed by atoms with Gasteiger partial charge >= 0.3 is 5.97 Å². The van der Waals surface area contributed by atoms with E-state index in [1.54, 1.807) is 4.90 Å². The first kappa shape index (κ1) is 20.8. The molecule has 29 heavy (non-hydrogen) atoms. The first-order valence-corrected chi connectivity index (χ1v) is 9.97. The molecule has 1 heterocycles. The molecule has 0 unspecified atom stereocenters. The zero-order valence-electron chi connectivity index (χ0n) is 16.8. The largest absolute Gasteiger partial charge is 0.455 e. The zero-order chi connectivity index (χ0) is 21.0. The van der Waals surface area contributed by atoms with E-state index in [-0.39, 0.29) is 37.4 Å². The Bertz CT molecular complexity index is 805. The molecule has 156 valence electrons. The van der Waals surface area contributed by atoms with Gasteiger partial charge in [-0.3, -0.25) is 19.2 Å². The Morgan fingerprint density at radius 1 is 1.24 bits per heavy atom. The highest BCUT2D eigenvalue weighted by Gasteiger charge is 2.37. The molecule has 2 aliphatic rings. The number of hydrogen-bond acceptors (Lipinski definition) is 5. The fourth-order valence-corrected chi connectivity index (χ4v) is 3.34. The quantitative estimate of drug-likeness (QED) is 0.653. The Labute approximate surface area is 170 Å². The molecule has 1 N–H and O–H groups in total. The van der Waals surface area contributed by atoms with Crippen molar-refractivity contribution in [2.24, 2.45) is 5.92 Å². The van der Waals surface area contributed by atoms with Crippen LogP contribution in [0.3, 0.4) is 0 Å². The molecule has 1 saturated heterocycles. The molecule has 8 heteroatoms. The Hall–Kier alpha value is -2.90. The summed E-state index contributed by atoms with van der Waals surface area (Å²) in [6.45, 7) is 1.74. The highest BCUT2D eigenvalue weighted by molar-refractivity contribution is 6.00. The number of nitrogens with zero attached hydrogens (tertiary/aromatic N) is 2. The number of carbonyl (C=O) groups excluding carboxylic acids is 4. The minimum absolute atomic E-state index is 0.0602. The van der Waals surface area contributed by atoms with Crippen molar-refractivity contribution in [2.75, 3.05) is 31.6 Å². The van der Waals surface area contributed by atoms with Gasteiger partial charge in [-0.2, -0.15) is 0 Å². The highest BCUT2D eigenvalue weighted by Crippen LogP contribution is 2.29. The summed E-state index contributed by atoms with van der Waals surface area (Å²) in [6.07, 6.45) is 2.79. The van der Waals surface area contributed by atoms with Crippen LogP contribution in [0.2, 0.25) is 0 Å². The lowest BCUT2D eigenvalue weighted by atomic mass is 10.1. The molecule has 3 rings (SSSR count). The summed E-state index contributed by atoms with van der Waals surface area (Å²) < 4.78 is 5.13. The second-order valence-corrected chi connectivity index (χ2v) is 7.59. The van der Waals surface area contributed by atoms with Gasteiger partial charge in [0, 0.05) is 31.7 Å². The van der Waals surface area contributed by atoms with E-state index in [0.717, 1.165) is 30.5 Å². The third kappa shape index (κ3) is 5.34. The van der Waals surface area contributed by atoms with Gasteiger partial charge in [-0.15, -0.1) is 0 Å². The SMILES string of the molecule is CCc1ccccc1N1C[C@H](C(=O)OCC(=O)N(C)CC(=O)NC2CC2)CC1=O. The van der Waals surface area contributed by atoms with E-state index in [1.165, 1.54) is 11.9 Å². The number of anilines is 1. The van der Waals surface area contributed by atoms with Crippen molar-refractivity contribution >= 4 is 29.4 Å². The molecule has 1 aromatic rings. The number of esters is 1. The molecule has 1 aliphatic heterocycles. The first-order valence-electron chi connectivity index (χ1n) is 9.97. The fourth-order valence-electron chi connectivity index (χ4n) is 3.34. The molecule has 0 radical (unpaired) electrons. The maximum Gasteiger partial charge on any atom is 0.311 e. The van der Waals surface area contributed by atoms with E-state index >= 15 is 0 Å². The van der Waals surface area contributed by atoms with Crippen LogP contribution in [-0.2, 0) is 30.3 Å². The molecular formula is C21H27N3O5. The second kappa shape index (κ2) is 9.07. The number of benzene rings is 1. The third-order valence-corrected chi connectivity index (χ3v) is 5.21. The average Bonchev–Trinajstić information content (AvgIpc) is 3.43. The molecule has 2 fully saturated rings. The van der Waals surface area contributed by atoms with E-state index in [1.807, 2.05) is 31.2 Å². The van der Waals surface area contributed by atoms with Crippen LogP contribution in [-0.4, -0.2) is 61.4 Å². The number of nitrogens with one attached hydrogen (secondary N) is 1. The Kier molecular flexibility index (Phi) is 6.51. The highest BCUT2D eigenvalue weighted by atomic mass is 16.5. The van der Waals surface area contributed by atoms with Crippen molar-refractivity contribution in [1.29, 1.82) is 0 Å². The molecule has 1 aliphatic carbocycles. The minimum atomic E-state index is -0.608. The summed E-state index contributed by atoms with van der Waals surface area (Å²) in [5.41, 5.74) is 1.85. The van der Waals surface area contributed by atoms with Crippen LogP contribution in [0.5, 0.6) is 0 Å². The molecule has 1 aromatic carbocycles. The minimum Gasteiger partial charge on any atom is -0.455 e. The van der Waals surface area contributed by atoms with Crippen LogP contribution in [0.25, 0.3) is 0 Å². The molecule has 3 amide bonds. The number of aryl methyl sites for hydroxylation is 1. The summed E-state index contributed by atoms with van der Waals surface area (Å²) in [4.78, 5) is 51.5. The van der Waals surface area contributed by atoms with Crippen molar-refractivity contribution in [1.82, 2.24) is 10.2 Å². The number of likely N-dealkylation sites (N-methyl/N-ethyl adjacent to an activating group) is 1. The molecule has 0 aromatic heterocycles. The molecule has 0 bridgehead atoms. The smallest absolute Gasteiger partial charge is 0.311 e. The van der Waals surface area contributed by atoms with Crippen LogP contribution in [0, 0.1) is 5.92 Å². The van der Waals surface area contributed by atoms with Gasteiger partial charge in [0.15, 0.2) is 6.61 Å². The van der Waals surface area contributed by atoms with Crippen LogP contribution in [0.4, 0.5) is 5.69 Å². The standard InChI is InChI=1S/C21H27N3O5/c1-3-14-6-4-5-7-17(14)24-11-15(10-19(24)26)21(28)29-13-20(27)23(2)12-18(25)22-16-8-9-16/h4-7,15-16H,3,8-13H2,1-2H3,(H,22,25)/t15-/m1/s1. The first-order chi connectivity index (χ1) is 13.9. The number of carbonyl (C=O) groups is 4. The van der Waals surface area contributed by atoms with Crippen molar-refractivity contribution < 1.29 is 23.9 Å². The van der Waals surface area contributed by atoms with E-state index < -0.39 is 24.4 Å². The summed E-state index contributed by atoms with van der Waals surface area (Å²) >= 11 is 0. The molecule has 1 atom stereocenters. The number of rotatable bonds is 8. The number of hydrogen-bond donors (Lipinski definition) is 1. The van der Waals surface area contributed by atoms with E-state index in [0.29, 0.717) is 0 Å². The average molecular weight is 401 g/mol. The number of amides is 3. The van der Waals surface area contributed by atoms with Crippen molar-refractivity contribution in [3.63, 3.8) is 0 Å². The van der Waals surface area contributed by atoms with Crippen molar-refractivity contribution in [2.45, 2.75) is 38.6 Å². The Morgan fingerprint density at radius 3 is 2.66 bits per heavy atom. The lowest BCUT2D eigenvalue weighted by Crippen LogP contribution is -2.41. The fraction of sp³-hybridized carbons (Fsp3) is 0.524. The van der Waals surface area contributed by atoms with Gasteiger partial charge in [0.05, 0.1) is 12.5 Å². The van der Waals surface area contributed by atoms with Gasteiger partial charge in [-0.25, -0.2) is 0 Å². The van der Waals surface area contributed by atoms with Gasteiger partial charge in [0.2, 0.25) is 11.8 Å². The monoisotopic (exact) mass is 401 g/mol. The lowest BCUT2D eigenvalue weighted by molar-refractivity contribution is -0.155. The van der Waals surface area contributed by atoms with E-state index in [2.05, 4.69) is 5.32 Å². The van der Waals surface area contributed by atoms with Crippen LogP contribution >= 0.6 is 0 Å². The maximum absolute atomic E-state index is 12.4. The van der Waals surface area contributed by atoms with E-state index in [4.69, 9.17) is 4.74 Å². The van der Waals surface area contributed by atoms with Crippen LogP contribution < -0.4 is 10.2 Å². The number of para-hydroxylation sites is 1. The maximum atomic E-state index is 12.4. The van der Waals surface area contributed by atoms with Crippen molar-refractivity contribution in [3.05, 3.63) is 29.8 Å². The van der Waals surface area contributed by atoms with Gasteiger partial charge in [-0.1, -0.05) is 25.1 Å². The van der Waals surface area contributed by atoms with Gasteiger partial charge in [-0.05, 0) is 30.9 Å². The molecular weight excluding hydrogens is 374 g/mol. The summed E-state index contributed by atoms with van der Waals surface area (Å²) in [5, 5.41) is 2.80. The third-order valence-electron chi connectivity index (χ3n) is 5.21. The summed E-state index contributed by atoms with van der Waals surface area (Å²) in [5.74, 6) is -1.99. The van der Waals surface area contributed by atoms with Crippen LogP contribution in [0.1, 0.15) is 31.7 Å². The number of ether oxygens (including phenoxy) is 1. The molecule has 8 nitrogen and oxygen atoms in total.